The van der Waals surface area contributed by atoms with E-state index in [1.807, 2.05) is 47.1 Å². The summed E-state index contributed by atoms with van der Waals surface area (Å²) in [6, 6.07) is 18.2. The molecule has 0 atom stereocenters. The third kappa shape index (κ3) is 2.25. The molecule has 0 aliphatic heterocycles. The van der Waals surface area contributed by atoms with Gasteiger partial charge in [0.15, 0.2) is 0 Å². The van der Waals surface area contributed by atoms with Crippen LogP contribution < -0.4 is 4.74 Å². The zero-order valence-corrected chi connectivity index (χ0v) is 12.7. The lowest BCUT2D eigenvalue weighted by Gasteiger charge is -2.08. The van der Waals surface area contributed by atoms with Crippen LogP contribution in [0.4, 0.5) is 0 Å². The number of methoxy groups -OCH3 is 1. The van der Waals surface area contributed by atoms with Gasteiger partial charge in [0.05, 0.1) is 18.8 Å². The molecule has 0 spiro atoms. The summed E-state index contributed by atoms with van der Waals surface area (Å²) < 4.78 is 7.41. The maximum Gasteiger partial charge on any atom is 0.145 e. The van der Waals surface area contributed by atoms with Gasteiger partial charge in [-0.2, -0.15) is 5.10 Å². The van der Waals surface area contributed by atoms with Gasteiger partial charge in [-0.1, -0.05) is 36.4 Å². The lowest BCUT2D eigenvalue weighted by Crippen LogP contribution is -1.90. The van der Waals surface area contributed by atoms with Crippen LogP contribution in [0.15, 0.2) is 73.2 Å². The molecule has 0 saturated heterocycles. The Morgan fingerprint density at radius 2 is 1.78 bits per heavy atom. The van der Waals surface area contributed by atoms with Crippen LogP contribution in [-0.2, 0) is 0 Å². The maximum atomic E-state index is 5.51. The SMILES string of the molecule is COc1cnccc1-c1c(-c2ccccc2)nn2ccccc12. The molecule has 112 valence electrons. The average molecular weight is 301 g/mol. The molecule has 0 amide bonds. The highest BCUT2D eigenvalue weighted by Gasteiger charge is 2.18. The maximum absolute atomic E-state index is 5.51. The van der Waals surface area contributed by atoms with Gasteiger partial charge in [-0.15, -0.1) is 0 Å². The van der Waals surface area contributed by atoms with Crippen LogP contribution in [0.1, 0.15) is 0 Å². The van der Waals surface area contributed by atoms with Crippen molar-refractivity contribution in [3.63, 3.8) is 0 Å². The molecule has 0 aliphatic rings. The Labute approximate surface area is 134 Å². The summed E-state index contributed by atoms with van der Waals surface area (Å²) in [6.07, 6.45) is 5.47. The van der Waals surface area contributed by atoms with Gasteiger partial charge in [-0.05, 0) is 18.2 Å². The largest absolute Gasteiger partial charge is 0.494 e. The molecule has 0 N–H and O–H groups in total. The molecule has 4 aromatic rings. The molecule has 0 aliphatic carbocycles. The number of hydrogen-bond donors (Lipinski definition) is 0. The fraction of sp³-hybridized carbons (Fsp3) is 0.0526. The number of rotatable bonds is 3. The van der Waals surface area contributed by atoms with Crippen LogP contribution in [0.25, 0.3) is 27.9 Å². The van der Waals surface area contributed by atoms with Gasteiger partial charge >= 0.3 is 0 Å². The Bertz CT molecular complexity index is 961. The second kappa shape index (κ2) is 5.57. The summed E-state index contributed by atoms with van der Waals surface area (Å²) in [4.78, 5) is 4.16. The van der Waals surface area contributed by atoms with Crippen LogP contribution in [0, 0.1) is 0 Å². The van der Waals surface area contributed by atoms with Crippen molar-refractivity contribution < 1.29 is 4.74 Å². The molecule has 4 rings (SSSR count). The van der Waals surface area contributed by atoms with E-state index in [9.17, 15) is 0 Å². The Morgan fingerprint density at radius 3 is 2.61 bits per heavy atom. The first kappa shape index (κ1) is 13.5. The fourth-order valence-electron chi connectivity index (χ4n) is 2.81. The molecule has 0 saturated carbocycles. The number of ether oxygens (including phenoxy) is 1. The van der Waals surface area contributed by atoms with E-state index in [-0.39, 0.29) is 0 Å². The Morgan fingerprint density at radius 1 is 0.957 bits per heavy atom. The molecule has 0 radical (unpaired) electrons. The first-order valence-electron chi connectivity index (χ1n) is 7.39. The second-order valence-corrected chi connectivity index (χ2v) is 5.20. The first-order chi connectivity index (χ1) is 11.4. The minimum atomic E-state index is 0.739. The molecule has 3 aromatic heterocycles. The standard InChI is InChI=1S/C19H15N3O/c1-23-17-13-20-11-10-15(17)18-16-9-5-6-12-22(16)21-19(18)14-7-3-2-4-8-14/h2-13H,1H3. The Balaban J connectivity index is 2.08. The van der Waals surface area contributed by atoms with Crippen LogP contribution in [0.5, 0.6) is 5.75 Å². The molecular formula is C19H15N3O. The molecule has 3 heterocycles. The minimum absolute atomic E-state index is 0.739. The summed E-state index contributed by atoms with van der Waals surface area (Å²) in [5, 5.41) is 4.78. The molecule has 0 fully saturated rings. The summed E-state index contributed by atoms with van der Waals surface area (Å²) in [7, 11) is 1.66. The molecule has 1 aromatic carbocycles. The lowest BCUT2D eigenvalue weighted by atomic mass is 10.00. The quantitative estimate of drug-likeness (QED) is 0.572. The smallest absolute Gasteiger partial charge is 0.145 e. The van der Waals surface area contributed by atoms with Crippen LogP contribution in [0.3, 0.4) is 0 Å². The molecule has 23 heavy (non-hydrogen) atoms. The van der Waals surface area contributed by atoms with E-state index in [0.29, 0.717) is 0 Å². The second-order valence-electron chi connectivity index (χ2n) is 5.20. The third-order valence-electron chi connectivity index (χ3n) is 3.86. The summed E-state index contributed by atoms with van der Waals surface area (Å²) in [6.45, 7) is 0. The summed E-state index contributed by atoms with van der Waals surface area (Å²) >= 11 is 0. The highest BCUT2D eigenvalue weighted by molar-refractivity contribution is 5.94. The number of fused-ring (bicyclic) bond motifs is 1. The number of pyridine rings is 2. The number of benzene rings is 1. The average Bonchev–Trinajstić information content (AvgIpc) is 3.02. The van der Waals surface area contributed by atoms with Gasteiger partial charge in [0.25, 0.3) is 0 Å². The van der Waals surface area contributed by atoms with Crippen molar-refractivity contribution in [3.8, 4) is 28.1 Å². The van der Waals surface area contributed by atoms with Crippen LogP contribution in [0.2, 0.25) is 0 Å². The van der Waals surface area contributed by atoms with Crippen molar-refractivity contribution in [3.05, 3.63) is 73.2 Å². The molecule has 0 unspecified atom stereocenters. The van der Waals surface area contributed by atoms with E-state index in [2.05, 4.69) is 23.2 Å². The number of aromatic nitrogens is 3. The zero-order chi connectivity index (χ0) is 15.6. The zero-order valence-electron chi connectivity index (χ0n) is 12.7. The Hall–Kier alpha value is -3.14. The lowest BCUT2D eigenvalue weighted by molar-refractivity contribution is 0.414. The van der Waals surface area contributed by atoms with E-state index in [1.165, 1.54) is 0 Å². The van der Waals surface area contributed by atoms with E-state index >= 15 is 0 Å². The van der Waals surface area contributed by atoms with Gasteiger partial charge in [-0.3, -0.25) is 4.98 Å². The van der Waals surface area contributed by atoms with E-state index in [1.54, 1.807) is 19.5 Å². The van der Waals surface area contributed by atoms with Crippen LogP contribution in [-0.4, -0.2) is 21.7 Å². The monoisotopic (exact) mass is 301 g/mol. The van der Waals surface area contributed by atoms with Crippen molar-refractivity contribution in [1.82, 2.24) is 14.6 Å². The predicted molar refractivity (Wildman–Crippen MR) is 90.4 cm³/mol. The van der Waals surface area contributed by atoms with E-state index < -0.39 is 0 Å². The fourth-order valence-corrected chi connectivity index (χ4v) is 2.81. The molecular weight excluding hydrogens is 286 g/mol. The Kier molecular flexibility index (Phi) is 3.27. The van der Waals surface area contributed by atoms with Crippen molar-refractivity contribution in [2.24, 2.45) is 0 Å². The minimum Gasteiger partial charge on any atom is -0.494 e. The highest BCUT2D eigenvalue weighted by Crippen LogP contribution is 2.39. The number of nitrogens with zero attached hydrogens (tertiary/aromatic N) is 3. The van der Waals surface area contributed by atoms with Gasteiger partial charge in [0.2, 0.25) is 0 Å². The van der Waals surface area contributed by atoms with E-state index in [4.69, 9.17) is 9.84 Å². The first-order valence-corrected chi connectivity index (χ1v) is 7.39. The highest BCUT2D eigenvalue weighted by atomic mass is 16.5. The molecule has 4 heteroatoms. The molecule has 0 bridgehead atoms. The van der Waals surface area contributed by atoms with Crippen molar-refractivity contribution in [2.75, 3.05) is 7.11 Å². The van der Waals surface area contributed by atoms with Gasteiger partial charge in [0.1, 0.15) is 11.4 Å². The van der Waals surface area contributed by atoms with Gasteiger partial charge in [-0.25, -0.2) is 4.52 Å². The predicted octanol–water partition coefficient (Wildman–Crippen LogP) is 4.07. The van der Waals surface area contributed by atoms with E-state index in [0.717, 1.165) is 33.7 Å². The third-order valence-corrected chi connectivity index (χ3v) is 3.86. The topological polar surface area (TPSA) is 39.4 Å². The number of hydrogen-bond acceptors (Lipinski definition) is 3. The molecule has 4 nitrogen and oxygen atoms in total. The summed E-state index contributed by atoms with van der Waals surface area (Å²) in [5.41, 5.74) is 5.08. The normalized spacial score (nSPS) is 10.8. The van der Waals surface area contributed by atoms with Gasteiger partial charge < -0.3 is 4.74 Å². The van der Waals surface area contributed by atoms with Crippen molar-refractivity contribution in [2.45, 2.75) is 0 Å². The van der Waals surface area contributed by atoms with Gasteiger partial charge in [0, 0.05) is 29.1 Å². The summed E-state index contributed by atoms with van der Waals surface area (Å²) in [5.74, 6) is 0.739. The van der Waals surface area contributed by atoms with Crippen LogP contribution >= 0.6 is 0 Å². The van der Waals surface area contributed by atoms with Crippen molar-refractivity contribution in [1.29, 1.82) is 0 Å². The van der Waals surface area contributed by atoms with Crippen molar-refractivity contribution >= 4 is 5.52 Å².